The molecule has 0 N–H and O–H groups in total. The van der Waals surface area contributed by atoms with Crippen LogP contribution in [0.15, 0.2) is 33.9 Å². The van der Waals surface area contributed by atoms with Crippen LogP contribution in [0.3, 0.4) is 0 Å². The van der Waals surface area contributed by atoms with Crippen LogP contribution in [0.5, 0.6) is 0 Å². The van der Waals surface area contributed by atoms with Crippen LogP contribution in [0.2, 0.25) is 0 Å². The van der Waals surface area contributed by atoms with Crippen molar-refractivity contribution >= 4 is 0 Å². The molecule has 0 aliphatic rings. The van der Waals surface area contributed by atoms with Crippen LogP contribution < -0.4 is 0 Å². The molecule has 0 aromatic heterocycles. The van der Waals surface area contributed by atoms with Gasteiger partial charge in [0.05, 0.1) is 12.8 Å². The third kappa shape index (κ3) is 38.1. The van der Waals surface area contributed by atoms with E-state index < -0.39 is 268 Å². The van der Waals surface area contributed by atoms with Crippen LogP contribution in [-0.4, -0.2) is 185 Å². The van der Waals surface area contributed by atoms with Gasteiger partial charge in [-0.05, 0) is 137 Å². The monoisotopic (exact) mass is 2040 g/mol. The van der Waals surface area contributed by atoms with Crippen molar-refractivity contribution in [2.24, 2.45) is 5.92 Å². The maximum atomic E-state index is 14.3. The SMILES string of the molecule is C/C(=C(\C(F)(F)F)C(C)(F)C(F)(F)F)C(F)(F)F.C/C=C(/C)C(F)(F)F.CC(=C(C(C)(F)C(F)(F)F)C(C)(F)C(F)(F)F)C(F)(F)F.CC(C)(F)C(C)(F)C(F)(F)F.CC(C)(F)C(C)(F)F.CC(C)C.CC(F)(C(F)(F)F)C(F)(C(C)(F)C(F)(F)F)C(C)(F)C(F)(F)F.CC(F)(C(F)(F)F)C(F)(C(F)(F)F)C(C)(F)C(F)(F)F.CCC.CCC(C)(F)C(F)(F)F.CF. The lowest BCUT2D eigenvalue weighted by Gasteiger charge is -2.50. The smallest absolute Gasteiger partial charge is 0.255 e. The Labute approximate surface area is 682 Å². The van der Waals surface area contributed by atoms with Crippen molar-refractivity contribution in [1.82, 2.24) is 0 Å². The molecule has 0 bridgehead atoms. The van der Waals surface area contributed by atoms with Gasteiger partial charge in [-0.2, -0.15) is 198 Å². The van der Waals surface area contributed by atoms with Crippen LogP contribution >= 0.6 is 0 Å². The zero-order valence-electron chi connectivity index (χ0n) is 69.5. The molecule has 62 heteroatoms. The molecule has 0 saturated heterocycles. The first-order valence-corrected chi connectivity index (χ1v) is 32.7. The molecular weight excluding hydrogens is 1960 g/mol. The Morgan fingerprint density at radius 2 is 0.394 bits per heavy atom. The van der Waals surface area contributed by atoms with E-state index in [0.29, 0.717) is 34.9 Å². The van der Waals surface area contributed by atoms with Gasteiger partial charge in [-0.1, -0.05) is 54.0 Å². The van der Waals surface area contributed by atoms with E-state index in [1.54, 1.807) is 0 Å². The molecular formula is C65H84F62. The van der Waals surface area contributed by atoms with Crippen molar-refractivity contribution in [3.8, 4) is 0 Å². The molecule has 10 atom stereocenters. The minimum atomic E-state index is -7.12. The third-order valence-corrected chi connectivity index (χ3v) is 16.0. The van der Waals surface area contributed by atoms with E-state index in [0.717, 1.165) is 39.7 Å². The summed E-state index contributed by atoms with van der Waals surface area (Å²) in [5, 5.41) is 0. The van der Waals surface area contributed by atoms with E-state index in [1.807, 2.05) is 0 Å². The quantitative estimate of drug-likeness (QED) is 0.143. The second-order valence-corrected chi connectivity index (χ2v) is 28.6. The second kappa shape index (κ2) is 45.3. The van der Waals surface area contributed by atoms with E-state index in [9.17, 15) is 272 Å². The first-order valence-electron chi connectivity index (χ1n) is 32.7. The fraction of sp³-hybridized carbons (Fsp3) is 0.908. The molecule has 0 aromatic rings. The summed E-state index contributed by atoms with van der Waals surface area (Å²) >= 11 is 0. The van der Waals surface area contributed by atoms with Gasteiger partial charge in [0.1, 0.15) is 5.67 Å². The van der Waals surface area contributed by atoms with Gasteiger partial charge in [0.25, 0.3) is 11.6 Å². The molecule has 0 saturated carbocycles. The highest BCUT2D eigenvalue weighted by atomic mass is 19.5. The first-order chi connectivity index (χ1) is 53.2. The number of rotatable bonds is 11. The number of hydrogen-bond donors (Lipinski definition) is 0. The highest BCUT2D eigenvalue weighted by Crippen LogP contribution is 2.65. The fourth-order valence-corrected chi connectivity index (χ4v) is 6.66. The van der Waals surface area contributed by atoms with Gasteiger partial charge in [0.15, 0.2) is 5.67 Å². The maximum Gasteiger partial charge on any atom is 0.429 e. The fourth-order valence-electron chi connectivity index (χ4n) is 6.66. The average molecular weight is 2040 g/mol. The van der Waals surface area contributed by atoms with Gasteiger partial charge in [0.2, 0.25) is 62.4 Å². The Morgan fingerprint density at radius 3 is 0.472 bits per heavy atom. The standard InChI is InChI=1S/C10H9F13.C10H9F11.C8H6F12.C8H6F10.C6H9F5.C5H8F4.C5H9F3.C5H7F3.C4H10.C3H8.CH3F/c1-4(11,8(15,16)17)7(14,5(2,12)9(18,19)20)6(3,13)10(21,22)23;1-4(8(13,14)15)5(6(2,11)9(16,17)18)7(3,12)10(19,20)21;1-3(9,6(12,13)14)5(11,8(18,19)20)4(2,10)7(15,16)17;1-3(6(10,11)12)4(7(13,14)15)5(2,9)8(16,17)18;1-4(2,7)5(3,8)6(9,10)11;1-3-4(2,6)5(7,8)9;1-4(2,6)5(3,7)8;1-3-4(2)5(6,7)8;1-4(2)3;1-3-2;1-2/h1-3H3;1-3H3;1-2H3;1-2H3;1-3H3;3H2,1-2H3;1-3H3;3H,1-2H3;4H,1-3H3;3H2,1-2H3;1H3/b;;;4-3+;;;;4-3-;;;. The molecule has 0 aliphatic heterocycles. The molecule has 0 spiro atoms. The van der Waals surface area contributed by atoms with E-state index in [4.69, 9.17) is 0 Å². The number of allylic oxidation sites excluding steroid dienone is 6. The Bertz CT molecular complexity index is 3070. The highest BCUT2D eigenvalue weighted by molar-refractivity contribution is 5.37. The molecule has 0 amide bonds. The van der Waals surface area contributed by atoms with E-state index in [2.05, 4.69) is 34.6 Å². The summed E-state index contributed by atoms with van der Waals surface area (Å²) in [5.74, 6) is -2.40. The molecule has 778 valence electrons. The summed E-state index contributed by atoms with van der Waals surface area (Å²) in [4.78, 5) is 0. The van der Waals surface area contributed by atoms with Gasteiger partial charge in [0, 0.05) is 29.2 Å². The van der Waals surface area contributed by atoms with Gasteiger partial charge in [-0.15, -0.1) is 0 Å². The Morgan fingerprint density at radius 1 is 0.228 bits per heavy atom. The van der Waals surface area contributed by atoms with Gasteiger partial charge in [-0.3, -0.25) is 4.39 Å². The molecule has 127 heavy (non-hydrogen) atoms. The van der Waals surface area contributed by atoms with Crippen LogP contribution in [0.4, 0.5) is 272 Å². The van der Waals surface area contributed by atoms with Crippen molar-refractivity contribution in [3.63, 3.8) is 0 Å². The number of alkyl halides is 62. The largest absolute Gasteiger partial charge is 0.429 e. The highest BCUT2D eigenvalue weighted by Gasteiger charge is 2.91. The van der Waals surface area contributed by atoms with Crippen molar-refractivity contribution in [3.05, 3.63) is 33.9 Å². The predicted molar refractivity (Wildman–Crippen MR) is 333 cm³/mol. The molecule has 0 rings (SSSR count). The van der Waals surface area contributed by atoms with Crippen molar-refractivity contribution in [2.75, 3.05) is 7.18 Å². The number of halogens is 62. The van der Waals surface area contributed by atoms with Gasteiger partial charge >= 0.3 is 92.6 Å². The van der Waals surface area contributed by atoms with E-state index in [-0.39, 0.29) is 20.8 Å². The topological polar surface area (TPSA) is 0 Å². The molecule has 0 aliphatic carbocycles. The molecule has 0 heterocycles. The maximum absolute atomic E-state index is 14.3. The molecule has 0 aromatic carbocycles. The Balaban J connectivity index is -0.000000136. The van der Waals surface area contributed by atoms with E-state index in [1.165, 1.54) is 13.3 Å². The predicted octanol–water partition coefficient (Wildman–Crippen LogP) is 34.8. The summed E-state index contributed by atoms with van der Waals surface area (Å²) < 4.78 is 765. The lowest BCUT2D eigenvalue weighted by Crippen LogP contribution is -2.79. The summed E-state index contributed by atoms with van der Waals surface area (Å²) in [5.41, 5.74) is -84.3. The van der Waals surface area contributed by atoms with Gasteiger partial charge < -0.3 is 0 Å². The summed E-state index contributed by atoms with van der Waals surface area (Å²) in [6, 6.07) is 0. The second-order valence-electron chi connectivity index (χ2n) is 28.6. The summed E-state index contributed by atoms with van der Waals surface area (Å²) in [6.07, 6.45) is -89.3. The van der Waals surface area contributed by atoms with Gasteiger partial charge in [-0.25, -0.2) is 70.2 Å². The summed E-state index contributed by atoms with van der Waals surface area (Å²) in [6.45, 7) is 10.4. The zero-order chi connectivity index (χ0) is 109. The molecule has 10 unspecified atom stereocenters. The normalized spacial score (nSPS) is 19.6. The Kier molecular flexibility index (Phi) is 51.6. The minimum absolute atomic E-state index is 0.188. The average Bonchev–Trinajstić information content (AvgIpc) is 0.692. The minimum Gasteiger partial charge on any atom is -0.255 e. The molecule has 0 fully saturated rings. The zero-order valence-corrected chi connectivity index (χ0v) is 69.5. The lowest BCUT2D eigenvalue weighted by atomic mass is 9.66. The number of hydrogen-bond acceptors (Lipinski definition) is 0. The van der Waals surface area contributed by atoms with Crippen LogP contribution in [0, 0.1) is 5.92 Å². The lowest BCUT2D eigenvalue weighted by molar-refractivity contribution is -0.400. The van der Waals surface area contributed by atoms with Crippen LogP contribution in [0.1, 0.15) is 186 Å². The first kappa shape index (κ1) is 145. The summed E-state index contributed by atoms with van der Waals surface area (Å²) in [7, 11) is 0.500. The van der Waals surface area contributed by atoms with Crippen molar-refractivity contribution < 1.29 is 272 Å². The Hall–Kier alpha value is -5.12. The van der Waals surface area contributed by atoms with E-state index >= 15 is 0 Å². The third-order valence-electron chi connectivity index (χ3n) is 16.0. The molecule has 0 radical (unpaired) electrons. The van der Waals surface area contributed by atoms with Crippen LogP contribution in [0.25, 0.3) is 0 Å². The van der Waals surface area contributed by atoms with Crippen LogP contribution in [-0.2, 0) is 0 Å². The molecule has 0 nitrogen and oxygen atoms in total. The van der Waals surface area contributed by atoms with Crippen molar-refractivity contribution in [1.29, 1.82) is 0 Å². The van der Waals surface area contributed by atoms with Crippen molar-refractivity contribution in [2.45, 2.75) is 364 Å².